The number of carbonyl (C=O) groups is 1. The number of nitrogens with zero attached hydrogens (tertiary/aromatic N) is 2. The van der Waals surface area contributed by atoms with E-state index < -0.39 is 0 Å². The lowest BCUT2D eigenvalue weighted by molar-refractivity contribution is 0.0647. The first-order valence-corrected chi connectivity index (χ1v) is 6.54. The molecule has 0 aliphatic heterocycles. The number of amides is 1. The first kappa shape index (κ1) is 12.1. The Morgan fingerprint density at radius 3 is 2.76 bits per heavy atom. The van der Waals surface area contributed by atoms with E-state index in [1.165, 1.54) is 19.3 Å². The van der Waals surface area contributed by atoms with Gasteiger partial charge in [-0.15, -0.1) is 0 Å². The molecule has 1 aliphatic rings. The van der Waals surface area contributed by atoms with Crippen molar-refractivity contribution in [3.63, 3.8) is 0 Å². The average Bonchev–Trinajstić information content (AvgIpc) is 2.42. The van der Waals surface area contributed by atoms with Crippen LogP contribution in [0.5, 0.6) is 0 Å². The number of pyridine rings is 1. The van der Waals surface area contributed by atoms with Gasteiger partial charge in [0.2, 0.25) is 0 Å². The van der Waals surface area contributed by atoms with Gasteiger partial charge in [-0.2, -0.15) is 0 Å². The van der Waals surface area contributed by atoms with Gasteiger partial charge in [-0.25, -0.2) is 0 Å². The van der Waals surface area contributed by atoms with Gasteiger partial charge >= 0.3 is 0 Å². The second-order valence-corrected chi connectivity index (χ2v) is 4.62. The summed E-state index contributed by atoms with van der Waals surface area (Å²) in [5, 5.41) is 0. The molecule has 1 aromatic rings. The van der Waals surface area contributed by atoms with Gasteiger partial charge in [-0.1, -0.05) is 19.3 Å². The van der Waals surface area contributed by atoms with E-state index in [1.807, 2.05) is 17.0 Å². The first-order chi connectivity index (χ1) is 8.33. The number of hydrogen-bond donors (Lipinski definition) is 0. The minimum Gasteiger partial charge on any atom is -0.336 e. The summed E-state index contributed by atoms with van der Waals surface area (Å²) >= 11 is 0. The molecule has 1 amide bonds. The Kier molecular flexibility index (Phi) is 4.13. The Balaban J connectivity index is 2.09. The molecule has 0 unspecified atom stereocenters. The van der Waals surface area contributed by atoms with Crippen LogP contribution in [0.4, 0.5) is 0 Å². The summed E-state index contributed by atoms with van der Waals surface area (Å²) in [4.78, 5) is 18.4. The highest BCUT2D eigenvalue weighted by molar-refractivity contribution is 5.94. The SMILES string of the molecule is CCN(C(=O)c1cccnc1)C1CCCCC1. The third-order valence-electron chi connectivity index (χ3n) is 3.53. The van der Waals surface area contributed by atoms with E-state index in [9.17, 15) is 4.79 Å². The highest BCUT2D eigenvalue weighted by atomic mass is 16.2. The number of aromatic nitrogens is 1. The molecule has 3 nitrogen and oxygen atoms in total. The van der Waals surface area contributed by atoms with Crippen LogP contribution in [0.2, 0.25) is 0 Å². The number of rotatable bonds is 3. The Morgan fingerprint density at radius 1 is 1.41 bits per heavy atom. The molecule has 3 heteroatoms. The zero-order valence-electron chi connectivity index (χ0n) is 10.4. The molecule has 1 saturated carbocycles. The summed E-state index contributed by atoms with van der Waals surface area (Å²) in [7, 11) is 0. The Hall–Kier alpha value is -1.38. The molecule has 0 atom stereocenters. The minimum absolute atomic E-state index is 0.132. The maximum Gasteiger partial charge on any atom is 0.255 e. The lowest BCUT2D eigenvalue weighted by atomic mass is 9.94. The van der Waals surface area contributed by atoms with Crippen LogP contribution >= 0.6 is 0 Å². The fourth-order valence-corrected chi connectivity index (χ4v) is 2.62. The van der Waals surface area contributed by atoms with Crippen molar-refractivity contribution in [3.05, 3.63) is 30.1 Å². The van der Waals surface area contributed by atoms with Crippen LogP contribution in [0.3, 0.4) is 0 Å². The van der Waals surface area contributed by atoms with Crippen molar-refractivity contribution in [1.29, 1.82) is 0 Å². The van der Waals surface area contributed by atoms with Gasteiger partial charge in [0, 0.05) is 25.0 Å². The predicted octanol–water partition coefficient (Wildman–Crippen LogP) is 2.88. The van der Waals surface area contributed by atoms with Crippen LogP contribution < -0.4 is 0 Å². The second-order valence-electron chi connectivity index (χ2n) is 4.62. The van der Waals surface area contributed by atoms with Crippen molar-refractivity contribution in [2.45, 2.75) is 45.1 Å². The molecule has 2 rings (SSSR count). The zero-order chi connectivity index (χ0) is 12.1. The molecule has 0 bridgehead atoms. The predicted molar refractivity (Wildman–Crippen MR) is 67.8 cm³/mol. The molecular weight excluding hydrogens is 212 g/mol. The maximum atomic E-state index is 12.4. The molecule has 1 aliphatic carbocycles. The van der Waals surface area contributed by atoms with Gasteiger partial charge < -0.3 is 4.90 Å². The standard InChI is InChI=1S/C14H20N2O/c1-2-16(13-8-4-3-5-9-13)14(17)12-7-6-10-15-11-12/h6-7,10-11,13H,2-5,8-9H2,1H3. The lowest BCUT2D eigenvalue weighted by Gasteiger charge is -2.33. The van der Waals surface area contributed by atoms with Gasteiger partial charge in [0.15, 0.2) is 0 Å². The van der Waals surface area contributed by atoms with Crippen molar-refractivity contribution in [2.24, 2.45) is 0 Å². The smallest absolute Gasteiger partial charge is 0.255 e. The monoisotopic (exact) mass is 232 g/mol. The van der Waals surface area contributed by atoms with E-state index in [4.69, 9.17) is 0 Å². The highest BCUT2D eigenvalue weighted by Gasteiger charge is 2.24. The molecule has 1 heterocycles. The number of hydrogen-bond acceptors (Lipinski definition) is 2. The molecule has 0 N–H and O–H groups in total. The van der Waals surface area contributed by atoms with Crippen molar-refractivity contribution in [1.82, 2.24) is 9.88 Å². The third-order valence-corrected chi connectivity index (χ3v) is 3.53. The molecule has 0 radical (unpaired) electrons. The van der Waals surface area contributed by atoms with Gasteiger partial charge in [0.25, 0.3) is 5.91 Å². The second kappa shape index (κ2) is 5.80. The Labute approximate surface area is 103 Å². The van der Waals surface area contributed by atoms with Crippen LogP contribution in [0.15, 0.2) is 24.5 Å². The molecule has 1 fully saturated rings. The molecule has 0 saturated heterocycles. The van der Waals surface area contributed by atoms with E-state index in [-0.39, 0.29) is 5.91 Å². The van der Waals surface area contributed by atoms with Gasteiger partial charge in [-0.3, -0.25) is 9.78 Å². The van der Waals surface area contributed by atoms with E-state index in [2.05, 4.69) is 11.9 Å². The van der Waals surface area contributed by atoms with Crippen LogP contribution in [0.25, 0.3) is 0 Å². The average molecular weight is 232 g/mol. The summed E-state index contributed by atoms with van der Waals surface area (Å²) in [5.41, 5.74) is 0.708. The fraction of sp³-hybridized carbons (Fsp3) is 0.571. The minimum atomic E-state index is 0.132. The van der Waals surface area contributed by atoms with E-state index in [0.717, 1.165) is 19.4 Å². The lowest BCUT2D eigenvalue weighted by Crippen LogP contribution is -2.41. The molecule has 92 valence electrons. The molecule has 1 aromatic heterocycles. The largest absolute Gasteiger partial charge is 0.336 e. The quantitative estimate of drug-likeness (QED) is 0.803. The Bertz CT molecular complexity index is 358. The summed E-state index contributed by atoms with van der Waals surface area (Å²) in [6.07, 6.45) is 9.49. The highest BCUT2D eigenvalue weighted by Crippen LogP contribution is 2.23. The van der Waals surface area contributed by atoms with Crippen molar-refractivity contribution < 1.29 is 4.79 Å². The van der Waals surface area contributed by atoms with Crippen LogP contribution in [0.1, 0.15) is 49.4 Å². The van der Waals surface area contributed by atoms with Gasteiger partial charge in [-0.05, 0) is 31.9 Å². The van der Waals surface area contributed by atoms with Crippen molar-refractivity contribution >= 4 is 5.91 Å². The zero-order valence-corrected chi connectivity index (χ0v) is 10.4. The van der Waals surface area contributed by atoms with Gasteiger partial charge in [0.05, 0.1) is 5.56 Å². The Morgan fingerprint density at radius 2 is 2.18 bits per heavy atom. The van der Waals surface area contributed by atoms with Gasteiger partial charge in [0.1, 0.15) is 0 Å². The molecule has 0 aromatic carbocycles. The molecular formula is C14H20N2O. The first-order valence-electron chi connectivity index (χ1n) is 6.54. The van der Waals surface area contributed by atoms with E-state index in [0.29, 0.717) is 11.6 Å². The summed E-state index contributed by atoms with van der Waals surface area (Å²) in [6.45, 7) is 2.85. The third kappa shape index (κ3) is 2.84. The van der Waals surface area contributed by atoms with Crippen molar-refractivity contribution in [3.8, 4) is 0 Å². The summed E-state index contributed by atoms with van der Waals surface area (Å²) < 4.78 is 0. The fourth-order valence-electron chi connectivity index (χ4n) is 2.62. The maximum absolute atomic E-state index is 12.4. The van der Waals surface area contributed by atoms with Crippen LogP contribution in [-0.4, -0.2) is 28.4 Å². The summed E-state index contributed by atoms with van der Waals surface area (Å²) in [5.74, 6) is 0.132. The molecule has 17 heavy (non-hydrogen) atoms. The number of carbonyl (C=O) groups excluding carboxylic acids is 1. The molecule has 0 spiro atoms. The van der Waals surface area contributed by atoms with Crippen molar-refractivity contribution in [2.75, 3.05) is 6.54 Å². The normalized spacial score (nSPS) is 16.8. The van der Waals surface area contributed by atoms with E-state index >= 15 is 0 Å². The van der Waals surface area contributed by atoms with Crippen LogP contribution in [-0.2, 0) is 0 Å². The topological polar surface area (TPSA) is 33.2 Å². The summed E-state index contributed by atoms with van der Waals surface area (Å²) in [6, 6.07) is 4.10. The van der Waals surface area contributed by atoms with E-state index in [1.54, 1.807) is 12.4 Å². The van der Waals surface area contributed by atoms with Crippen LogP contribution in [0, 0.1) is 0 Å².